The van der Waals surface area contributed by atoms with Gasteiger partial charge in [-0.3, -0.25) is 9.67 Å². The first-order chi connectivity index (χ1) is 11.5. The van der Waals surface area contributed by atoms with Crippen molar-refractivity contribution in [2.24, 2.45) is 7.05 Å². The fourth-order valence-electron chi connectivity index (χ4n) is 2.30. The van der Waals surface area contributed by atoms with Gasteiger partial charge in [0.1, 0.15) is 4.90 Å². The highest BCUT2D eigenvalue weighted by atomic mass is 35.5. The van der Waals surface area contributed by atoms with E-state index in [0.717, 1.165) is 11.1 Å². The molecule has 0 aliphatic rings. The smallest absolute Gasteiger partial charge is 0.242 e. The zero-order chi connectivity index (χ0) is 17.2. The van der Waals surface area contributed by atoms with Gasteiger partial charge in [0, 0.05) is 31.5 Å². The standard InChI is InChI=1S/C16H15ClN4O2S/c1-21-11-13(9-19-21)16-12(5-4-8-18-16)10-20-24(22,23)15-7-3-2-6-14(15)17/h2-9,11,20H,10H2,1H3. The summed E-state index contributed by atoms with van der Waals surface area (Å²) in [5, 5.41) is 4.31. The van der Waals surface area contributed by atoms with Crippen LogP contribution in [-0.4, -0.2) is 23.2 Å². The number of nitrogens with zero attached hydrogens (tertiary/aromatic N) is 3. The lowest BCUT2D eigenvalue weighted by Crippen LogP contribution is -2.24. The first-order valence-electron chi connectivity index (χ1n) is 7.14. The molecule has 3 aromatic rings. The van der Waals surface area contributed by atoms with Crippen LogP contribution >= 0.6 is 11.6 Å². The maximum Gasteiger partial charge on any atom is 0.242 e. The number of pyridine rings is 1. The highest BCUT2D eigenvalue weighted by molar-refractivity contribution is 7.89. The molecule has 124 valence electrons. The Balaban J connectivity index is 1.87. The molecule has 2 aromatic heterocycles. The molecule has 1 aromatic carbocycles. The number of rotatable bonds is 5. The SMILES string of the molecule is Cn1cc(-c2ncccc2CNS(=O)(=O)c2ccccc2Cl)cn1. The fourth-order valence-corrected chi connectivity index (χ4v) is 3.82. The topological polar surface area (TPSA) is 76.9 Å². The number of sulfonamides is 1. The molecule has 0 spiro atoms. The summed E-state index contributed by atoms with van der Waals surface area (Å²) in [6.07, 6.45) is 5.18. The molecule has 0 bridgehead atoms. The van der Waals surface area contributed by atoms with Gasteiger partial charge in [0.25, 0.3) is 0 Å². The summed E-state index contributed by atoms with van der Waals surface area (Å²) in [7, 11) is -1.90. The molecule has 1 N–H and O–H groups in total. The van der Waals surface area contributed by atoms with Crippen molar-refractivity contribution in [3.8, 4) is 11.3 Å². The van der Waals surface area contributed by atoms with Crippen molar-refractivity contribution in [3.63, 3.8) is 0 Å². The molecule has 0 amide bonds. The molecule has 0 saturated heterocycles. The van der Waals surface area contributed by atoms with E-state index in [4.69, 9.17) is 11.6 Å². The molecule has 0 aliphatic carbocycles. The van der Waals surface area contributed by atoms with Crippen LogP contribution < -0.4 is 4.72 Å². The van der Waals surface area contributed by atoms with E-state index in [9.17, 15) is 8.42 Å². The molecule has 24 heavy (non-hydrogen) atoms. The number of hydrogen-bond acceptors (Lipinski definition) is 4. The summed E-state index contributed by atoms with van der Waals surface area (Å²) < 4.78 is 29.1. The van der Waals surface area contributed by atoms with Crippen LogP contribution in [0.3, 0.4) is 0 Å². The fraction of sp³-hybridized carbons (Fsp3) is 0.125. The number of nitrogens with one attached hydrogen (secondary N) is 1. The van der Waals surface area contributed by atoms with Gasteiger partial charge in [0.15, 0.2) is 0 Å². The predicted molar refractivity (Wildman–Crippen MR) is 91.9 cm³/mol. The molecule has 0 fully saturated rings. The van der Waals surface area contributed by atoms with Crippen LogP contribution in [0.15, 0.2) is 59.9 Å². The van der Waals surface area contributed by atoms with Gasteiger partial charge >= 0.3 is 0 Å². The minimum Gasteiger partial charge on any atom is -0.275 e. The van der Waals surface area contributed by atoms with E-state index < -0.39 is 10.0 Å². The van der Waals surface area contributed by atoms with Gasteiger partial charge in [-0.2, -0.15) is 5.10 Å². The largest absolute Gasteiger partial charge is 0.275 e. The van der Waals surface area contributed by atoms with Gasteiger partial charge in [-0.25, -0.2) is 13.1 Å². The Hall–Kier alpha value is -2.22. The molecule has 2 heterocycles. The average Bonchev–Trinajstić information content (AvgIpc) is 3.00. The Morgan fingerprint density at radius 3 is 2.71 bits per heavy atom. The van der Waals surface area contributed by atoms with Crippen LogP contribution in [0.25, 0.3) is 11.3 Å². The maximum atomic E-state index is 12.4. The lowest BCUT2D eigenvalue weighted by Gasteiger charge is -2.10. The second-order valence-corrected chi connectivity index (χ2v) is 7.31. The Morgan fingerprint density at radius 2 is 2.00 bits per heavy atom. The van der Waals surface area contributed by atoms with Crippen LogP contribution in [0.4, 0.5) is 0 Å². The minimum atomic E-state index is -3.71. The summed E-state index contributed by atoms with van der Waals surface area (Å²) in [4.78, 5) is 4.39. The molecule has 3 rings (SSSR count). The quantitative estimate of drug-likeness (QED) is 0.756. The second-order valence-electron chi connectivity index (χ2n) is 5.17. The van der Waals surface area contributed by atoms with E-state index in [-0.39, 0.29) is 16.5 Å². The Morgan fingerprint density at radius 1 is 1.21 bits per heavy atom. The van der Waals surface area contributed by atoms with Gasteiger partial charge in [-0.05, 0) is 23.8 Å². The Labute approximate surface area is 145 Å². The van der Waals surface area contributed by atoms with E-state index in [1.807, 2.05) is 19.3 Å². The van der Waals surface area contributed by atoms with Crippen LogP contribution in [0.1, 0.15) is 5.56 Å². The van der Waals surface area contributed by atoms with Gasteiger partial charge in [-0.15, -0.1) is 0 Å². The summed E-state index contributed by atoms with van der Waals surface area (Å²) in [6.45, 7) is 0.103. The number of aromatic nitrogens is 3. The molecule has 8 heteroatoms. The van der Waals surface area contributed by atoms with Crippen molar-refractivity contribution in [2.45, 2.75) is 11.4 Å². The highest BCUT2D eigenvalue weighted by Gasteiger charge is 2.18. The molecular formula is C16H15ClN4O2S. The molecule has 0 unspecified atom stereocenters. The maximum absolute atomic E-state index is 12.4. The number of halogens is 1. The van der Waals surface area contributed by atoms with Gasteiger partial charge in [0.05, 0.1) is 16.9 Å². The molecule has 0 saturated carbocycles. The third kappa shape index (κ3) is 3.48. The predicted octanol–water partition coefficient (Wildman–Crippen LogP) is 2.61. The van der Waals surface area contributed by atoms with Gasteiger partial charge in [-0.1, -0.05) is 29.8 Å². The van der Waals surface area contributed by atoms with Crippen LogP contribution in [0.2, 0.25) is 5.02 Å². The monoisotopic (exact) mass is 362 g/mol. The second kappa shape index (κ2) is 6.72. The van der Waals surface area contributed by atoms with E-state index in [1.54, 1.807) is 41.3 Å². The van der Waals surface area contributed by atoms with Crippen molar-refractivity contribution < 1.29 is 8.42 Å². The normalized spacial score (nSPS) is 11.6. The van der Waals surface area contributed by atoms with Crippen molar-refractivity contribution in [2.75, 3.05) is 0 Å². The van der Waals surface area contributed by atoms with E-state index in [0.29, 0.717) is 5.69 Å². The number of aryl methyl sites for hydroxylation is 1. The van der Waals surface area contributed by atoms with Crippen molar-refractivity contribution in [3.05, 3.63) is 65.6 Å². The van der Waals surface area contributed by atoms with E-state index in [1.165, 1.54) is 6.07 Å². The molecular weight excluding hydrogens is 348 g/mol. The van der Waals surface area contributed by atoms with Crippen molar-refractivity contribution in [1.29, 1.82) is 0 Å². The zero-order valence-electron chi connectivity index (χ0n) is 12.8. The zero-order valence-corrected chi connectivity index (χ0v) is 14.4. The first kappa shape index (κ1) is 16.6. The summed E-state index contributed by atoms with van der Waals surface area (Å²) >= 11 is 5.98. The molecule has 0 aliphatic heterocycles. The van der Waals surface area contributed by atoms with Gasteiger partial charge < -0.3 is 0 Å². The van der Waals surface area contributed by atoms with E-state index >= 15 is 0 Å². The number of hydrogen-bond donors (Lipinski definition) is 1. The van der Waals surface area contributed by atoms with Crippen LogP contribution in [0, 0.1) is 0 Å². The van der Waals surface area contributed by atoms with Crippen molar-refractivity contribution in [1.82, 2.24) is 19.5 Å². The Kier molecular flexibility index (Phi) is 4.66. The molecule has 6 nitrogen and oxygen atoms in total. The van der Waals surface area contributed by atoms with E-state index in [2.05, 4.69) is 14.8 Å². The van der Waals surface area contributed by atoms with Gasteiger partial charge in [0.2, 0.25) is 10.0 Å². The third-order valence-electron chi connectivity index (χ3n) is 3.45. The van der Waals surface area contributed by atoms with Crippen LogP contribution in [-0.2, 0) is 23.6 Å². The molecule has 0 atom stereocenters. The number of benzene rings is 1. The van der Waals surface area contributed by atoms with Crippen molar-refractivity contribution >= 4 is 21.6 Å². The third-order valence-corrected chi connectivity index (χ3v) is 5.35. The Bertz CT molecular complexity index is 969. The lowest BCUT2D eigenvalue weighted by molar-refractivity contribution is 0.581. The molecule has 0 radical (unpaired) electrons. The lowest BCUT2D eigenvalue weighted by atomic mass is 10.1. The highest BCUT2D eigenvalue weighted by Crippen LogP contribution is 2.23. The van der Waals surface area contributed by atoms with Crippen LogP contribution in [0.5, 0.6) is 0 Å². The summed E-state index contributed by atoms with van der Waals surface area (Å²) in [5.41, 5.74) is 2.26. The summed E-state index contributed by atoms with van der Waals surface area (Å²) in [6, 6.07) is 9.91. The first-order valence-corrected chi connectivity index (χ1v) is 9.00. The minimum absolute atomic E-state index is 0.0542. The summed E-state index contributed by atoms with van der Waals surface area (Å²) in [5.74, 6) is 0. The average molecular weight is 363 g/mol.